The van der Waals surface area contributed by atoms with Crippen LogP contribution in [0, 0.1) is 11.5 Å². The van der Waals surface area contributed by atoms with Crippen LogP contribution in [0.25, 0.3) is 0 Å². The number of rotatable bonds is 2. The van der Waals surface area contributed by atoms with Gasteiger partial charge in [0.2, 0.25) is 0 Å². The first-order chi connectivity index (χ1) is 6.14. The third kappa shape index (κ3) is 8.30. The van der Waals surface area contributed by atoms with Crippen LogP contribution in [0.3, 0.4) is 0 Å². The lowest BCUT2D eigenvalue weighted by Gasteiger charge is -2.10. The molecule has 0 rings (SSSR count). The van der Waals surface area contributed by atoms with E-state index in [4.69, 9.17) is 5.11 Å². The van der Waals surface area contributed by atoms with E-state index >= 15 is 0 Å². The van der Waals surface area contributed by atoms with Gasteiger partial charge < -0.3 is 5.11 Å². The molecule has 0 saturated carbocycles. The van der Waals surface area contributed by atoms with Gasteiger partial charge >= 0.3 is 0 Å². The Kier molecular flexibility index (Phi) is 4.86. The normalized spacial score (nSPS) is 13.5. The smallest absolute Gasteiger partial charge is 0.129 e. The van der Waals surface area contributed by atoms with Crippen molar-refractivity contribution in [2.24, 2.45) is 0 Å². The third-order valence-electron chi connectivity index (χ3n) is 1.38. The van der Waals surface area contributed by atoms with Gasteiger partial charge in [0.25, 0.3) is 0 Å². The molecule has 0 fully saturated rings. The van der Waals surface area contributed by atoms with Gasteiger partial charge in [0.15, 0.2) is 0 Å². The average Bonchev–Trinajstić information content (AvgIpc) is 1.94. The van der Waals surface area contributed by atoms with E-state index in [0.29, 0.717) is 0 Å². The van der Waals surface area contributed by atoms with E-state index in [-0.39, 0.29) is 6.61 Å². The van der Waals surface area contributed by atoms with Crippen LogP contribution in [0.1, 0.15) is 0 Å². The van der Waals surface area contributed by atoms with Gasteiger partial charge in [-0.05, 0) is 0 Å². The number of aliphatic hydroxyl groups is 1. The lowest BCUT2D eigenvalue weighted by Crippen LogP contribution is -2.19. The van der Waals surface area contributed by atoms with Crippen LogP contribution in [0.4, 0.5) is 0 Å². The highest BCUT2D eigenvalue weighted by Crippen LogP contribution is 2.07. The molecule has 0 atom stereocenters. The Hall–Kier alpha value is -0.306. The number of hydrogen-bond acceptors (Lipinski definition) is 1. The highest BCUT2D eigenvalue weighted by molar-refractivity contribution is 6.84. The average molecular weight is 226 g/mol. The molecule has 0 aliphatic carbocycles. The molecule has 14 heavy (non-hydrogen) atoms. The molecule has 0 aliphatic heterocycles. The van der Waals surface area contributed by atoms with Crippen molar-refractivity contribution in [3.8, 4) is 11.5 Å². The molecule has 0 aliphatic rings. The van der Waals surface area contributed by atoms with Crippen LogP contribution in [0.15, 0.2) is 11.3 Å². The van der Waals surface area contributed by atoms with Crippen molar-refractivity contribution in [3.05, 3.63) is 11.3 Å². The SMILES string of the molecule is C[Si](C)(C)C#C/C(=C/[Si](C)(C)C)CO. The highest BCUT2D eigenvalue weighted by Gasteiger charge is 2.11. The van der Waals surface area contributed by atoms with Crippen molar-refractivity contribution in [2.45, 2.75) is 39.3 Å². The molecule has 0 radical (unpaired) electrons. The van der Waals surface area contributed by atoms with E-state index in [9.17, 15) is 0 Å². The third-order valence-corrected chi connectivity index (χ3v) is 3.47. The maximum absolute atomic E-state index is 9.15. The molecule has 0 spiro atoms. The molecule has 1 N–H and O–H groups in total. The Labute approximate surface area is 90.3 Å². The Morgan fingerprint density at radius 1 is 1.14 bits per heavy atom. The summed E-state index contributed by atoms with van der Waals surface area (Å²) in [5.41, 5.74) is 6.37. The minimum Gasteiger partial charge on any atom is -0.391 e. The predicted octanol–water partition coefficient (Wildman–Crippen LogP) is 2.66. The minimum atomic E-state index is -1.31. The molecule has 0 aromatic heterocycles. The second kappa shape index (κ2) is 4.97. The quantitative estimate of drug-likeness (QED) is 0.567. The van der Waals surface area contributed by atoms with Gasteiger partial charge in [-0.2, -0.15) is 0 Å². The first kappa shape index (κ1) is 13.7. The molecule has 80 valence electrons. The fourth-order valence-electron chi connectivity index (χ4n) is 0.912. The summed E-state index contributed by atoms with van der Waals surface area (Å²) in [6.07, 6.45) is 0. The van der Waals surface area contributed by atoms with Crippen molar-refractivity contribution in [3.63, 3.8) is 0 Å². The van der Waals surface area contributed by atoms with Crippen LogP contribution in [-0.2, 0) is 0 Å². The maximum atomic E-state index is 9.15. The summed E-state index contributed by atoms with van der Waals surface area (Å²) < 4.78 is 0. The van der Waals surface area contributed by atoms with Crippen LogP contribution < -0.4 is 0 Å². The Balaban J connectivity index is 4.75. The van der Waals surface area contributed by atoms with Crippen molar-refractivity contribution in [2.75, 3.05) is 6.61 Å². The summed E-state index contributed by atoms with van der Waals surface area (Å²) in [5.74, 6) is 3.12. The fourth-order valence-corrected chi connectivity index (χ4v) is 2.66. The van der Waals surface area contributed by atoms with Gasteiger partial charge in [0, 0.05) is 5.57 Å². The summed E-state index contributed by atoms with van der Waals surface area (Å²) in [7, 11) is -2.56. The monoisotopic (exact) mass is 226 g/mol. The maximum Gasteiger partial charge on any atom is 0.129 e. The summed E-state index contributed by atoms with van der Waals surface area (Å²) in [6.45, 7) is 13.5. The summed E-state index contributed by atoms with van der Waals surface area (Å²) in [6, 6.07) is 0. The Morgan fingerprint density at radius 3 is 1.93 bits per heavy atom. The molecule has 0 saturated heterocycles. The van der Waals surface area contributed by atoms with Gasteiger partial charge in [-0.15, -0.1) is 5.54 Å². The van der Waals surface area contributed by atoms with Gasteiger partial charge in [0.05, 0.1) is 14.7 Å². The lowest BCUT2D eigenvalue weighted by molar-refractivity contribution is 0.336. The zero-order valence-electron chi connectivity index (χ0n) is 10.2. The molecule has 0 unspecified atom stereocenters. The number of aliphatic hydroxyl groups excluding tert-OH is 1. The first-order valence-electron chi connectivity index (χ1n) is 5.00. The van der Waals surface area contributed by atoms with Gasteiger partial charge in [0.1, 0.15) is 8.07 Å². The zero-order chi connectivity index (χ0) is 11.4. The Morgan fingerprint density at radius 2 is 1.64 bits per heavy atom. The molecule has 0 amide bonds. The summed E-state index contributed by atoms with van der Waals surface area (Å²) >= 11 is 0. The van der Waals surface area contributed by atoms with Gasteiger partial charge in [-0.1, -0.05) is 50.9 Å². The van der Waals surface area contributed by atoms with E-state index in [1.54, 1.807) is 0 Å². The molecular weight excluding hydrogens is 204 g/mol. The second-order valence-electron chi connectivity index (χ2n) is 5.69. The van der Waals surface area contributed by atoms with E-state index in [0.717, 1.165) is 5.57 Å². The number of hydrogen-bond donors (Lipinski definition) is 1. The summed E-state index contributed by atoms with van der Waals surface area (Å²) in [5, 5.41) is 9.15. The molecule has 3 heteroatoms. The topological polar surface area (TPSA) is 20.2 Å². The fraction of sp³-hybridized carbons (Fsp3) is 0.636. The van der Waals surface area contributed by atoms with Crippen LogP contribution >= 0.6 is 0 Å². The van der Waals surface area contributed by atoms with Crippen molar-refractivity contribution in [1.82, 2.24) is 0 Å². The summed E-state index contributed by atoms with van der Waals surface area (Å²) in [4.78, 5) is 0. The highest BCUT2D eigenvalue weighted by atomic mass is 28.3. The molecular formula is C11H22OSi2. The van der Waals surface area contributed by atoms with Gasteiger partial charge in [-0.3, -0.25) is 0 Å². The molecule has 0 aromatic rings. The minimum absolute atomic E-state index is 0.0851. The second-order valence-corrected chi connectivity index (χ2v) is 15.5. The van der Waals surface area contributed by atoms with Crippen molar-refractivity contribution >= 4 is 16.1 Å². The lowest BCUT2D eigenvalue weighted by atomic mass is 10.3. The zero-order valence-corrected chi connectivity index (χ0v) is 12.2. The standard InChI is InChI=1S/C11H22OSi2/c1-13(2,3)8-7-11(9-12)10-14(4,5)6/h10,12H,9H2,1-6H3/b11-10-. The van der Waals surface area contributed by atoms with E-state index < -0.39 is 16.1 Å². The van der Waals surface area contributed by atoms with Crippen LogP contribution in [-0.4, -0.2) is 27.9 Å². The van der Waals surface area contributed by atoms with Crippen molar-refractivity contribution < 1.29 is 5.11 Å². The first-order valence-corrected chi connectivity index (χ1v) is 12.1. The van der Waals surface area contributed by atoms with E-state index in [1.165, 1.54) is 0 Å². The molecule has 0 bridgehead atoms. The van der Waals surface area contributed by atoms with Gasteiger partial charge in [-0.25, -0.2) is 0 Å². The molecule has 1 nitrogen and oxygen atoms in total. The largest absolute Gasteiger partial charge is 0.391 e. The molecule has 0 aromatic carbocycles. The predicted molar refractivity (Wildman–Crippen MR) is 69.6 cm³/mol. The van der Waals surface area contributed by atoms with E-state index in [1.807, 2.05) is 0 Å². The van der Waals surface area contributed by atoms with Crippen LogP contribution in [0.5, 0.6) is 0 Å². The van der Waals surface area contributed by atoms with E-state index in [2.05, 4.69) is 56.4 Å². The van der Waals surface area contributed by atoms with Crippen molar-refractivity contribution in [1.29, 1.82) is 0 Å². The molecule has 0 heterocycles. The van der Waals surface area contributed by atoms with Crippen LogP contribution in [0.2, 0.25) is 39.3 Å². The Bertz CT molecular complexity index is 268.